The van der Waals surface area contributed by atoms with Crippen molar-refractivity contribution in [2.24, 2.45) is 5.92 Å². The molecule has 3 aliphatic rings. The molecular weight excluding hydrogens is 351 g/mol. The van der Waals surface area contributed by atoms with Gasteiger partial charge in [-0.25, -0.2) is 9.69 Å². The molecule has 0 aromatic heterocycles. The van der Waals surface area contributed by atoms with Gasteiger partial charge >= 0.3 is 12.2 Å². The minimum Gasteiger partial charge on any atom is -0.352 e. The summed E-state index contributed by atoms with van der Waals surface area (Å²) in [5.74, 6) is -2.41. The second kappa shape index (κ2) is 6.74. The standard InChI is InChI=1S/C17H24F3N3O3/c1-10(23-14(25)16(22-15(23)26)7-2-3-8-16)13(24)21-12-6-4-5-11(9-12)17(18,19)20/h10-12H,2-9H2,1H3,(H,21,24)(H,22,26). The van der Waals surface area contributed by atoms with Crippen molar-refractivity contribution in [2.45, 2.75) is 82.1 Å². The first-order chi connectivity index (χ1) is 12.1. The fourth-order valence-corrected chi connectivity index (χ4v) is 4.37. The Morgan fingerprint density at radius 3 is 2.50 bits per heavy atom. The van der Waals surface area contributed by atoms with Gasteiger partial charge in [-0.2, -0.15) is 13.2 Å². The number of hydrogen-bond acceptors (Lipinski definition) is 3. The van der Waals surface area contributed by atoms with Crippen molar-refractivity contribution in [2.75, 3.05) is 0 Å². The first-order valence-electron chi connectivity index (χ1n) is 9.17. The van der Waals surface area contributed by atoms with E-state index in [0.29, 0.717) is 25.7 Å². The van der Waals surface area contributed by atoms with Crippen molar-refractivity contribution < 1.29 is 27.6 Å². The third-order valence-corrected chi connectivity index (χ3v) is 5.90. The van der Waals surface area contributed by atoms with Crippen molar-refractivity contribution in [1.29, 1.82) is 0 Å². The Morgan fingerprint density at radius 2 is 1.88 bits per heavy atom. The van der Waals surface area contributed by atoms with E-state index < -0.39 is 47.6 Å². The first-order valence-corrected chi connectivity index (χ1v) is 9.17. The van der Waals surface area contributed by atoms with Gasteiger partial charge in [-0.1, -0.05) is 19.3 Å². The minimum atomic E-state index is -4.27. The molecule has 2 aliphatic carbocycles. The zero-order chi connectivity index (χ0) is 19.1. The lowest BCUT2D eigenvalue weighted by atomic mass is 9.85. The maximum atomic E-state index is 12.9. The number of imide groups is 1. The molecule has 2 N–H and O–H groups in total. The van der Waals surface area contributed by atoms with E-state index in [9.17, 15) is 27.6 Å². The van der Waals surface area contributed by atoms with Crippen LogP contribution in [0.5, 0.6) is 0 Å². The molecule has 26 heavy (non-hydrogen) atoms. The number of rotatable bonds is 3. The number of hydrogen-bond donors (Lipinski definition) is 2. The van der Waals surface area contributed by atoms with Gasteiger partial charge in [0, 0.05) is 6.04 Å². The number of urea groups is 1. The molecule has 4 amide bonds. The highest BCUT2D eigenvalue weighted by Crippen LogP contribution is 2.38. The van der Waals surface area contributed by atoms with Gasteiger partial charge in [0.1, 0.15) is 11.6 Å². The number of alkyl halides is 3. The molecule has 3 rings (SSSR count). The van der Waals surface area contributed by atoms with E-state index in [0.717, 1.165) is 17.7 Å². The Balaban J connectivity index is 1.63. The Hall–Kier alpha value is -1.80. The predicted molar refractivity (Wildman–Crippen MR) is 86.0 cm³/mol. The van der Waals surface area contributed by atoms with E-state index in [2.05, 4.69) is 10.6 Å². The van der Waals surface area contributed by atoms with Crippen LogP contribution in [0.25, 0.3) is 0 Å². The van der Waals surface area contributed by atoms with Gasteiger partial charge in [0.2, 0.25) is 5.91 Å². The molecule has 0 aromatic carbocycles. The summed E-state index contributed by atoms with van der Waals surface area (Å²) in [6.45, 7) is 1.44. The van der Waals surface area contributed by atoms with Crippen molar-refractivity contribution in [3.8, 4) is 0 Å². The topological polar surface area (TPSA) is 78.5 Å². The predicted octanol–water partition coefficient (Wildman–Crippen LogP) is 2.48. The molecule has 0 radical (unpaired) electrons. The Labute approximate surface area is 149 Å². The van der Waals surface area contributed by atoms with Crippen molar-refractivity contribution in [3.05, 3.63) is 0 Å². The molecule has 0 bridgehead atoms. The highest BCUT2D eigenvalue weighted by Gasteiger charge is 2.54. The lowest BCUT2D eigenvalue weighted by Gasteiger charge is -2.32. The van der Waals surface area contributed by atoms with Crippen molar-refractivity contribution in [3.63, 3.8) is 0 Å². The maximum Gasteiger partial charge on any atom is 0.391 e. The van der Waals surface area contributed by atoms with E-state index in [1.807, 2.05) is 0 Å². The summed E-state index contributed by atoms with van der Waals surface area (Å²) in [5.41, 5.74) is -0.905. The summed E-state index contributed by atoms with van der Waals surface area (Å²) in [5, 5.41) is 5.31. The number of nitrogens with zero attached hydrogens (tertiary/aromatic N) is 1. The summed E-state index contributed by atoms with van der Waals surface area (Å²) in [6.07, 6.45) is -0.730. The molecule has 9 heteroatoms. The van der Waals surface area contributed by atoms with Crippen LogP contribution in [0.4, 0.5) is 18.0 Å². The molecule has 0 aromatic rings. The molecule has 1 spiro atoms. The van der Waals surface area contributed by atoms with Crippen LogP contribution in [0.15, 0.2) is 0 Å². The molecular formula is C17H24F3N3O3. The van der Waals surface area contributed by atoms with Crippen LogP contribution < -0.4 is 10.6 Å². The highest BCUT2D eigenvalue weighted by atomic mass is 19.4. The number of carbonyl (C=O) groups is 3. The van der Waals surface area contributed by atoms with Crippen LogP contribution in [0.2, 0.25) is 0 Å². The molecule has 146 valence electrons. The summed E-state index contributed by atoms with van der Waals surface area (Å²) >= 11 is 0. The monoisotopic (exact) mass is 375 g/mol. The van der Waals surface area contributed by atoms with Gasteiger partial charge in [0.25, 0.3) is 5.91 Å². The van der Waals surface area contributed by atoms with Gasteiger partial charge in [0.15, 0.2) is 0 Å². The van der Waals surface area contributed by atoms with Crippen molar-refractivity contribution in [1.82, 2.24) is 15.5 Å². The average Bonchev–Trinajstić information content (AvgIpc) is 3.12. The lowest BCUT2D eigenvalue weighted by molar-refractivity contribution is -0.184. The zero-order valence-corrected chi connectivity index (χ0v) is 14.7. The van der Waals surface area contributed by atoms with Crippen LogP contribution in [0, 0.1) is 5.92 Å². The highest BCUT2D eigenvalue weighted by molar-refractivity contribution is 6.09. The summed E-state index contributed by atoms with van der Waals surface area (Å²) in [4.78, 5) is 38.3. The smallest absolute Gasteiger partial charge is 0.352 e. The van der Waals surface area contributed by atoms with Gasteiger partial charge in [-0.05, 0) is 39.0 Å². The minimum absolute atomic E-state index is 0.0704. The molecule has 2 saturated carbocycles. The average molecular weight is 375 g/mol. The van der Waals surface area contributed by atoms with Crippen molar-refractivity contribution >= 4 is 17.8 Å². The second-order valence-corrected chi connectivity index (χ2v) is 7.68. The Bertz CT molecular complexity index is 602. The van der Waals surface area contributed by atoms with Crippen LogP contribution in [-0.4, -0.2) is 46.5 Å². The first kappa shape index (κ1) is 19.0. The van der Waals surface area contributed by atoms with Crippen LogP contribution in [0.3, 0.4) is 0 Å². The Morgan fingerprint density at radius 1 is 1.23 bits per heavy atom. The van der Waals surface area contributed by atoms with E-state index >= 15 is 0 Å². The summed E-state index contributed by atoms with van der Waals surface area (Å²) in [7, 11) is 0. The largest absolute Gasteiger partial charge is 0.391 e. The number of carbonyl (C=O) groups excluding carboxylic acids is 3. The molecule has 6 nitrogen and oxygen atoms in total. The number of halogens is 3. The lowest BCUT2D eigenvalue weighted by Crippen LogP contribution is -2.52. The SMILES string of the molecule is CC(C(=O)NC1CCCC(C(F)(F)F)C1)N1C(=O)NC2(CCCC2)C1=O. The number of amides is 4. The van der Waals surface area contributed by atoms with Crippen LogP contribution >= 0.6 is 0 Å². The molecule has 1 heterocycles. The normalized spacial score (nSPS) is 29.8. The van der Waals surface area contributed by atoms with E-state index in [-0.39, 0.29) is 12.8 Å². The summed E-state index contributed by atoms with van der Waals surface area (Å²) in [6, 6.07) is -2.24. The molecule has 3 unspecified atom stereocenters. The molecule has 3 fully saturated rings. The number of nitrogens with one attached hydrogen (secondary N) is 2. The van der Waals surface area contributed by atoms with E-state index in [1.54, 1.807) is 0 Å². The molecule has 1 aliphatic heterocycles. The van der Waals surface area contributed by atoms with Gasteiger partial charge in [0.05, 0.1) is 5.92 Å². The fraction of sp³-hybridized carbons (Fsp3) is 0.824. The maximum absolute atomic E-state index is 12.9. The van der Waals surface area contributed by atoms with Crippen LogP contribution in [0.1, 0.15) is 58.3 Å². The third-order valence-electron chi connectivity index (χ3n) is 5.90. The summed E-state index contributed by atoms with van der Waals surface area (Å²) < 4.78 is 38.7. The van der Waals surface area contributed by atoms with Gasteiger partial charge < -0.3 is 10.6 Å². The zero-order valence-electron chi connectivity index (χ0n) is 14.7. The quantitative estimate of drug-likeness (QED) is 0.744. The van der Waals surface area contributed by atoms with Gasteiger partial charge in [-0.15, -0.1) is 0 Å². The third kappa shape index (κ3) is 3.40. The van der Waals surface area contributed by atoms with Crippen LogP contribution in [-0.2, 0) is 9.59 Å². The molecule has 1 saturated heterocycles. The molecule has 3 atom stereocenters. The van der Waals surface area contributed by atoms with E-state index in [1.165, 1.54) is 6.92 Å². The van der Waals surface area contributed by atoms with Gasteiger partial charge in [-0.3, -0.25) is 9.59 Å². The Kier molecular flexibility index (Phi) is 4.92. The van der Waals surface area contributed by atoms with E-state index in [4.69, 9.17) is 0 Å². The fourth-order valence-electron chi connectivity index (χ4n) is 4.37. The second-order valence-electron chi connectivity index (χ2n) is 7.68.